The Morgan fingerprint density at radius 3 is 2.62 bits per heavy atom. The van der Waals surface area contributed by atoms with Crippen LogP contribution in [-0.2, 0) is 13.5 Å². The molecule has 0 spiro atoms. The first kappa shape index (κ1) is 12.4. The van der Waals surface area contributed by atoms with E-state index < -0.39 is 0 Å². The van der Waals surface area contributed by atoms with E-state index >= 15 is 0 Å². The molecule has 1 nitrogen and oxygen atoms in total. The second-order valence-electron chi connectivity index (χ2n) is 3.16. The van der Waals surface area contributed by atoms with E-state index in [0.717, 1.165) is 6.42 Å². The molecule has 0 unspecified atom stereocenters. The Hall–Kier alpha value is -0.630. The SMILES string of the molecule is C=CCc1cc[n+](C)c(C)c1C.[Br-]. The number of halogens is 1. The average molecular weight is 242 g/mol. The molecule has 0 bridgehead atoms. The number of pyridine rings is 1. The Morgan fingerprint density at radius 2 is 2.08 bits per heavy atom. The van der Waals surface area contributed by atoms with Gasteiger partial charge < -0.3 is 17.0 Å². The second-order valence-corrected chi connectivity index (χ2v) is 3.16. The molecule has 0 atom stereocenters. The van der Waals surface area contributed by atoms with Gasteiger partial charge in [0.2, 0.25) is 0 Å². The number of aryl methyl sites for hydroxylation is 1. The maximum Gasteiger partial charge on any atom is 0.181 e. The van der Waals surface area contributed by atoms with Crippen LogP contribution in [-0.4, -0.2) is 0 Å². The molecule has 2 heteroatoms. The van der Waals surface area contributed by atoms with E-state index in [1.165, 1.54) is 16.8 Å². The fraction of sp³-hybridized carbons (Fsp3) is 0.364. The van der Waals surface area contributed by atoms with Gasteiger partial charge in [-0.25, -0.2) is 4.57 Å². The maximum absolute atomic E-state index is 3.74. The van der Waals surface area contributed by atoms with Crippen molar-refractivity contribution >= 4 is 0 Å². The molecule has 1 aromatic rings. The lowest BCUT2D eigenvalue weighted by atomic mass is 10.1. The van der Waals surface area contributed by atoms with Crippen molar-refractivity contribution in [2.75, 3.05) is 0 Å². The summed E-state index contributed by atoms with van der Waals surface area (Å²) in [6.07, 6.45) is 5.01. The van der Waals surface area contributed by atoms with Crippen molar-refractivity contribution in [2.45, 2.75) is 20.3 Å². The lowest BCUT2D eigenvalue weighted by molar-refractivity contribution is -0.678. The van der Waals surface area contributed by atoms with Gasteiger partial charge in [0.05, 0.1) is 0 Å². The molecule has 0 aliphatic rings. The van der Waals surface area contributed by atoms with Crippen molar-refractivity contribution in [3.8, 4) is 0 Å². The number of rotatable bonds is 2. The fourth-order valence-electron chi connectivity index (χ4n) is 1.31. The monoisotopic (exact) mass is 241 g/mol. The van der Waals surface area contributed by atoms with E-state index in [4.69, 9.17) is 0 Å². The van der Waals surface area contributed by atoms with E-state index in [2.05, 4.69) is 44.3 Å². The van der Waals surface area contributed by atoms with Crippen molar-refractivity contribution in [2.24, 2.45) is 7.05 Å². The summed E-state index contributed by atoms with van der Waals surface area (Å²) < 4.78 is 2.14. The molecular formula is C11H16BrN. The van der Waals surface area contributed by atoms with Crippen molar-refractivity contribution in [1.82, 2.24) is 0 Å². The molecule has 0 saturated carbocycles. The summed E-state index contributed by atoms with van der Waals surface area (Å²) in [5.74, 6) is 0. The highest BCUT2D eigenvalue weighted by molar-refractivity contribution is 5.26. The van der Waals surface area contributed by atoms with Gasteiger partial charge in [-0.15, -0.1) is 6.58 Å². The van der Waals surface area contributed by atoms with Gasteiger partial charge in [0, 0.05) is 18.6 Å². The van der Waals surface area contributed by atoms with E-state index in [1.807, 2.05) is 6.08 Å². The van der Waals surface area contributed by atoms with Gasteiger partial charge in [-0.3, -0.25) is 0 Å². The lowest BCUT2D eigenvalue weighted by Gasteiger charge is -2.03. The van der Waals surface area contributed by atoms with Crippen LogP contribution in [0.4, 0.5) is 0 Å². The third-order valence-corrected chi connectivity index (χ3v) is 2.42. The Bertz CT molecular complexity index is 305. The zero-order valence-corrected chi connectivity index (χ0v) is 10.1. The van der Waals surface area contributed by atoms with Gasteiger partial charge in [0.15, 0.2) is 11.9 Å². The zero-order valence-electron chi connectivity index (χ0n) is 8.47. The minimum Gasteiger partial charge on any atom is -1.00 e. The summed E-state index contributed by atoms with van der Waals surface area (Å²) in [4.78, 5) is 0. The van der Waals surface area contributed by atoms with Gasteiger partial charge in [0.1, 0.15) is 7.05 Å². The number of allylic oxidation sites excluding steroid dienone is 1. The van der Waals surface area contributed by atoms with Crippen LogP contribution in [0.15, 0.2) is 24.9 Å². The summed E-state index contributed by atoms with van der Waals surface area (Å²) in [7, 11) is 2.07. The van der Waals surface area contributed by atoms with E-state index in [-0.39, 0.29) is 17.0 Å². The van der Waals surface area contributed by atoms with E-state index in [0.29, 0.717) is 0 Å². The molecule has 1 aromatic heterocycles. The molecule has 72 valence electrons. The molecule has 0 fully saturated rings. The van der Waals surface area contributed by atoms with Gasteiger partial charge in [-0.2, -0.15) is 0 Å². The third kappa shape index (κ3) is 2.66. The van der Waals surface area contributed by atoms with Gasteiger partial charge in [-0.1, -0.05) is 6.08 Å². The molecule has 0 saturated heterocycles. The zero-order chi connectivity index (χ0) is 9.14. The van der Waals surface area contributed by atoms with E-state index in [9.17, 15) is 0 Å². The molecule has 0 aliphatic carbocycles. The molecule has 0 aliphatic heterocycles. The second kappa shape index (κ2) is 5.18. The first-order valence-electron chi connectivity index (χ1n) is 4.22. The number of aromatic nitrogens is 1. The maximum atomic E-state index is 3.74. The van der Waals surface area contributed by atoms with Gasteiger partial charge in [0.25, 0.3) is 0 Å². The van der Waals surface area contributed by atoms with Crippen LogP contribution in [0.25, 0.3) is 0 Å². The predicted molar refractivity (Wildman–Crippen MR) is 51.0 cm³/mol. The first-order chi connectivity index (χ1) is 5.66. The number of hydrogen-bond acceptors (Lipinski definition) is 0. The normalized spacial score (nSPS) is 9.15. The van der Waals surface area contributed by atoms with Crippen LogP contribution < -0.4 is 21.5 Å². The smallest absolute Gasteiger partial charge is 0.181 e. The standard InChI is InChI=1S/C11H16N.BrH/c1-5-6-11-7-8-12(4)10(3)9(11)2;/h5,7-8H,1,6H2,2-4H3;1H/q+1;/p-1. The Balaban J connectivity index is 0.00000144. The van der Waals surface area contributed by atoms with Crippen LogP contribution >= 0.6 is 0 Å². The van der Waals surface area contributed by atoms with Crippen LogP contribution in [0.5, 0.6) is 0 Å². The van der Waals surface area contributed by atoms with Crippen molar-refractivity contribution in [1.29, 1.82) is 0 Å². The molecule has 0 N–H and O–H groups in total. The lowest BCUT2D eigenvalue weighted by Crippen LogP contribution is -3.00. The predicted octanol–water partition coefficient (Wildman–Crippen LogP) is -1.14. The summed E-state index contributed by atoms with van der Waals surface area (Å²) in [6, 6.07) is 2.16. The van der Waals surface area contributed by atoms with Crippen LogP contribution in [0.2, 0.25) is 0 Å². The highest BCUT2D eigenvalue weighted by atomic mass is 79.9. The Kier molecular flexibility index (Phi) is 4.92. The van der Waals surface area contributed by atoms with Crippen LogP contribution in [0.1, 0.15) is 16.8 Å². The topological polar surface area (TPSA) is 3.88 Å². The Labute approximate surface area is 90.9 Å². The van der Waals surface area contributed by atoms with E-state index in [1.54, 1.807) is 0 Å². The largest absolute Gasteiger partial charge is 1.00 e. The molecule has 13 heavy (non-hydrogen) atoms. The highest BCUT2D eigenvalue weighted by Gasteiger charge is 2.07. The van der Waals surface area contributed by atoms with Crippen molar-refractivity contribution in [3.05, 3.63) is 41.7 Å². The van der Waals surface area contributed by atoms with Crippen molar-refractivity contribution in [3.63, 3.8) is 0 Å². The number of hydrogen-bond donors (Lipinski definition) is 0. The minimum absolute atomic E-state index is 0. The number of nitrogens with zero attached hydrogens (tertiary/aromatic N) is 1. The average Bonchev–Trinajstić information content (AvgIpc) is 2.07. The molecular weight excluding hydrogens is 226 g/mol. The van der Waals surface area contributed by atoms with Crippen LogP contribution in [0.3, 0.4) is 0 Å². The minimum atomic E-state index is 0. The molecule has 1 heterocycles. The molecule has 0 radical (unpaired) electrons. The summed E-state index contributed by atoms with van der Waals surface area (Å²) >= 11 is 0. The quantitative estimate of drug-likeness (QED) is 0.456. The summed E-state index contributed by atoms with van der Waals surface area (Å²) in [6.45, 7) is 8.04. The fourth-order valence-corrected chi connectivity index (χ4v) is 1.31. The first-order valence-corrected chi connectivity index (χ1v) is 4.22. The highest BCUT2D eigenvalue weighted by Crippen LogP contribution is 2.09. The third-order valence-electron chi connectivity index (χ3n) is 2.42. The molecule has 0 amide bonds. The van der Waals surface area contributed by atoms with Crippen LogP contribution in [0, 0.1) is 13.8 Å². The van der Waals surface area contributed by atoms with Gasteiger partial charge in [-0.05, 0) is 18.9 Å². The molecule has 1 rings (SSSR count). The molecule has 0 aromatic carbocycles. The summed E-state index contributed by atoms with van der Waals surface area (Å²) in [5.41, 5.74) is 4.08. The summed E-state index contributed by atoms with van der Waals surface area (Å²) in [5, 5.41) is 0. The Morgan fingerprint density at radius 1 is 1.46 bits per heavy atom. The van der Waals surface area contributed by atoms with Crippen molar-refractivity contribution < 1.29 is 21.5 Å². The van der Waals surface area contributed by atoms with Gasteiger partial charge >= 0.3 is 0 Å².